The smallest absolute Gasteiger partial charge is 0.128 e. The van der Waals surface area contributed by atoms with Crippen LogP contribution in [0.25, 0.3) is 0 Å². The molecule has 0 spiro atoms. The molecule has 0 aliphatic carbocycles. The summed E-state index contributed by atoms with van der Waals surface area (Å²) in [4.78, 5) is 8.83. The fourth-order valence-corrected chi connectivity index (χ4v) is 2.41. The number of benzene rings is 1. The zero-order valence-electron chi connectivity index (χ0n) is 10.7. The molecule has 1 aromatic carbocycles. The van der Waals surface area contributed by atoms with Crippen LogP contribution >= 0.6 is 0 Å². The SMILES string of the molecule is Fc1cccc(N2CCN(c3ccccn3)CC2)c1. The Morgan fingerprint density at radius 1 is 0.895 bits per heavy atom. The van der Waals surface area contributed by atoms with Crippen LogP contribution in [0.1, 0.15) is 0 Å². The van der Waals surface area contributed by atoms with E-state index in [0.717, 1.165) is 37.7 Å². The number of anilines is 2. The maximum absolute atomic E-state index is 13.2. The summed E-state index contributed by atoms with van der Waals surface area (Å²) >= 11 is 0. The largest absolute Gasteiger partial charge is 0.368 e. The standard InChI is InChI=1S/C15H16FN3/c16-13-4-3-5-14(12-13)18-8-10-19(11-9-18)15-6-1-2-7-17-15/h1-7,12H,8-11H2. The van der Waals surface area contributed by atoms with Gasteiger partial charge >= 0.3 is 0 Å². The van der Waals surface area contributed by atoms with Crippen molar-refractivity contribution in [3.63, 3.8) is 0 Å². The molecule has 98 valence electrons. The highest BCUT2D eigenvalue weighted by Crippen LogP contribution is 2.19. The molecule has 1 fully saturated rings. The van der Waals surface area contributed by atoms with Gasteiger partial charge in [-0.15, -0.1) is 0 Å². The fourth-order valence-electron chi connectivity index (χ4n) is 2.41. The molecular weight excluding hydrogens is 241 g/mol. The van der Waals surface area contributed by atoms with Crippen LogP contribution in [0.15, 0.2) is 48.7 Å². The van der Waals surface area contributed by atoms with Crippen molar-refractivity contribution in [3.05, 3.63) is 54.5 Å². The summed E-state index contributed by atoms with van der Waals surface area (Å²) in [5.41, 5.74) is 0.959. The van der Waals surface area contributed by atoms with Crippen LogP contribution < -0.4 is 9.80 Å². The van der Waals surface area contributed by atoms with Gasteiger partial charge in [0.25, 0.3) is 0 Å². The minimum absolute atomic E-state index is 0.176. The van der Waals surface area contributed by atoms with Gasteiger partial charge in [0.2, 0.25) is 0 Å². The van der Waals surface area contributed by atoms with Crippen molar-refractivity contribution in [3.8, 4) is 0 Å². The molecule has 3 rings (SSSR count). The number of halogens is 1. The van der Waals surface area contributed by atoms with Crippen LogP contribution in [0.3, 0.4) is 0 Å². The molecule has 2 heterocycles. The van der Waals surface area contributed by atoms with Crippen LogP contribution in [-0.2, 0) is 0 Å². The second kappa shape index (κ2) is 5.26. The van der Waals surface area contributed by atoms with Crippen molar-refractivity contribution < 1.29 is 4.39 Å². The summed E-state index contributed by atoms with van der Waals surface area (Å²) in [6.07, 6.45) is 1.81. The lowest BCUT2D eigenvalue weighted by atomic mass is 10.2. The van der Waals surface area contributed by atoms with Crippen LogP contribution in [0, 0.1) is 5.82 Å². The van der Waals surface area contributed by atoms with E-state index in [4.69, 9.17) is 0 Å². The van der Waals surface area contributed by atoms with Crippen LogP contribution in [-0.4, -0.2) is 31.2 Å². The lowest BCUT2D eigenvalue weighted by molar-refractivity contribution is 0.619. The maximum Gasteiger partial charge on any atom is 0.128 e. The van der Waals surface area contributed by atoms with E-state index in [2.05, 4.69) is 14.8 Å². The van der Waals surface area contributed by atoms with Gasteiger partial charge in [-0.2, -0.15) is 0 Å². The number of piperazine rings is 1. The predicted molar refractivity (Wildman–Crippen MR) is 75.1 cm³/mol. The third-order valence-corrected chi connectivity index (χ3v) is 3.43. The second-order valence-corrected chi connectivity index (χ2v) is 4.64. The van der Waals surface area contributed by atoms with Crippen molar-refractivity contribution in [2.24, 2.45) is 0 Å². The third-order valence-electron chi connectivity index (χ3n) is 3.43. The van der Waals surface area contributed by atoms with Gasteiger partial charge in [0.15, 0.2) is 0 Å². The molecule has 1 aliphatic heterocycles. The molecule has 0 N–H and O–H groups in total. The minimum Gasteiger partial charge on any atom is -0.368 e. The minimum atomic E-state index is -0.176. The van der Waals surface area contributed by atoms with Gasteiger partial charge < -0.3 is 9.80 Å². The average molecular weight is 257 g/mol. The molecule has 2 aromatic rings. The quantitative estimate of drug-likeness (QED) is 0.824. The summed E-state index contributed by atoms with van der Waals surface area (Å²) in [5, 5.41) is 0. The number of rotatable bonds is 2. The molecule has 3 nitrogen and oxygen atoms in total. The highest BCUT2D eigenvalue weighted by molar-refractivity contribution is 5.49. The topological polar surface area (TPSA) is 19.4 Å². The summed E-state index contributed by atoms with van der Waals surface area (Å²) < 4.78 is 13.2. The van der Waals surface area contributed by atoms with Crippen LogP contribution in [0.5, 0.6) is 0 Å². The van der Waals surface area contributed by atoms with Crippen LogP contribution in [0.2, 0.25) is 0 Å². The molecule has 19 heavy (non-hydrogen) atoms. The number of hydrogen-bond acceptors (Lipinski definition) is 3. The summed E-state index contributed by atoms with van der Waals surface area (Å²) in [7, 11) is 0. The van der Waals surface area contributed by atoms with Gasteiger partial charge in [-0.1, -0.05) is 12.1 Å². The Morgan fingerprint density at radius 2 is 1.68 bits per heavy atom. The fraction of sp³-hybridized carbons (Fsp3) is 0.267. The third kappa shape index (κ3) is 2.67. The molecular formula is C15H16FN3. The van der Waals surface area contributed by atoms with E-state index in [0.29, 0.717) is 0 Å². The van der Waals surface area contributed by atoms with Gasteiger partial charge in [-0.05, 0) is 30.3 Å². The summed E-state index contributed by atoms with van der Waals surface area (Å²) in [6, 6.07) is 12.7. The first kappa shape index (κ1) is 12.0. The zero-order valence-corrected chi connectivity index (χ0v) is 10.7. The van der Waals surface area contributed by atoms with Gasteiger partial charge in [-0.3, -0.25) is 0 Å². The Balaban J connectivity index is 1.67. The van der Waals surface area contributed by atoms with E-state index in [-0.39, 0.29) is 5.82 Å². The Morgan fingerprint density at radius 3 is 2.37 bits per heavy atom. The molecule has 1 aromatic heterocycles. The van der Waals surface area contributed by atoms with E-state index < -0.39 is 0 Å². The molecule has 0 unspecified atom stereocenters. The second-order valence-electron chi connectivity index (χ2n) is 4.64. The molecule has 0 radical (unpaired) electrons. The zero-order chi connectivity index (χ0) is 13.1. The van der Waals surface area contributed by atoms with E-state index in [1.807, 2.05) is 30.5 Å². The van der Waals surface area contributed by atoms with Crippen molar-refractivity contribution in [1.29, 1.82) is 0 Å². The summed E-state index contributed by atoms with van der Waals surface area (Å²) in [6.45, 7) is 3.60. The first-order valence-corrected chi connectivity index (χ1v) is 6.49. The van der Waals surface area contributed by atoms with E-state index in [1.54, 1.807) is 12.1 Å². The lowest BCUT2D eigenvalue weighted by Crippen LogP contribution is -2.46. The molecule has 4 heteroatoms. The lowest BCUT2D eigenvalue weighted by Gasteiger charge is -2.36. The summed E-state index contributed by atoms with van der Waals surface area (Å²) in [5.74, 6) is 0.839. The Labute approximate surface area is 112 Å². The van der Waals surface area contributed by atoms with Crippen LogP contribution in [0.4, 0.5) is 15.9 Å². The molecule has 0 atom stereocenters. The molecule has 0 bridgehead atoms. The van der Waals surface area contributed by atoms with Crippen molar-refractivity contribution in [2.75, 3.05) is 36.0 Å². The first-order valence-electron chi connectivity index (χ1n) is 6.49. The Bertz CT molecular complexity index is 536. The maximum atomic E-state index is 13.2. The monoisotopic (exact) mass is 257 g/mol. The van der Waals surface area contributed by atoms with E-state index in [9.17, 15) is 4.39 Å². The Hall–Kier alpha value is -2.10. The van der Waals surface area contributed by atoms with E-state index >= 15 is 0 Å². The molecule has 0 amide bonds. The van der Waals surface area contributed by atoms with Gasteiger partial charge in [0.05, 0.1) is 0 Å². The van der Waals surface area contributed by atoms with Gasteiger partial charge in [0.1, 0.15) is 11.6 Å². The van der Waals surface area contributed by atoms with E-state index in [1.165, 1.54) is 6.07 Å². The van der Waals surface area contributed by atoms with Gasteiger partial charge in [0, 0.05) is 38.1 Å². The Kier molecular flexibility index (Phi) is 3.31. The van der Waals surface area contributed by atoms with Crippen molar-refractivity contribution >= 4 is 11.5 Å². The molecule has 0 saturated carbocycles. The van der Waals surface area contributed by atoms with Crippen molar-refractivity contribution in [2.45, 2.75) is 0 Å². The number of nitrogens with zero attached hydrogens (tertiary/aromatic N) is 3. The molecule has 1 saturated heterocycles. The average Bonchev–Trinajstić information content (AvgIpc) is 2.48. The predicted octanol–water partition coefficient (Wildman–Crippen LogP) is 2.55. The number of aromatic nitrogens is 1. The first-order chi connectivity index (χ1) is 9.33. The molecule has 1 aliphatic rings. The highest BCUT2D eigenvalue weighted by Gasteiger charge is 2.18. The van der Waals surface area contributed by atoms with Crippen molar-refractivity contribution in [1.82, 2.24) is 4.98 Å². The highest BCUT2D eigenvalue weighted by atomic mass is 19.1. The number of pyridine rings is 1. The normalized spacial score (nSPS) is 15.6. The number of hydrogen-bond donors (Lipinski definition) is 0. The van der Waals surface area contributed by atoms with Gasteiger partial charge in [-0.25, -0.2) is 9.37 Å².